The number of rotatable bonds is 5. The number of hydrogen-bond donors (Lipinski definition) is 1. The Morgan fingerprint density at radius 2 is 1.82 bits per heavy atom. The molecule has 28 heavy (non-hydrogen) atoms. The van der Waals surface area contributed by atoms with Crippen LogP contribution >= 0.6 is 0 Å². The second kappa shape index (κ2) is 8.17. The van der Waals surface area contributed by atoms with E-state index < -0.39 is 5.97 Å². The number of carbonyl (C=O) groups excluding carboxylic acids is 2. The third-order valence-corrected chi connectivity index (χ3v) is 4.92. The Kier molecular flexibility index (Phi) is 5.28. The number of carbonyl (C=O) groups is 2. The molecule has 142 valence electrons. The maximum absolute atomic E-state index is 12.7. The van der Waals surface area contributed by atoms with Gasteiger partial charge in [0, 0.05) is 17.6 Å². The Balaban J connectivity index is 1.56. The Morgan fingerprint density at radius 1 is 1.04 bits per heavy atom. The number of amides is 1. The zero-order chi connectivity index (χ0) is 19.3. The Hall–Kier alpha value is -3.28. The van der Waals surface area contributed by atoms with E-state index in [0.717, 1.165) is 25.7 Å². The van der Waals surface area contributed by atoms with Gasteiger partial charge in [0.05, 0.1) is 22.5 Å². The van der Waals surface area contributed by atoms with Crippen molar-refractivity contribution in [2.75, 3.05) is 6.61 Å². The number of hydrogen-bond acceptors (Lipinski definition) is 5. The average molecular weight is 375 g/mol. The summed E-state index contributed by atoms with van der Waals surface area (Å²) >= 11 is 0. The lowest BCUT2D eigenvalue weighted by molar-refractivity contribution is -0.124. The van der Waals surface area contributed by atoms with Gasteiger partial charge in [-0.15, -0.1) is 0 Å². The molecule has 0 aliphatic heterocycles. The predicted octanol–water partition coefficient (Wildman–Crippen LogP) is 3.51. The molecular formula is C22H21N3O3. The van der Waals surface area contributed by atoms with Crippen LogP contribution in [-0.4, -0.2) is 34.5 Å². The smallest absolute Gasteiger partial charge is 0.339 e. The summed E-state index contributed by atoms with van der Waals surface area (Å²) in [5, 5.41) is 3.61. The van der Waals surface area contributed by atoms with Crippen molar-refractivity contribution >= 4 is 22.8 Å². The minimum atomic E-state index is -0.544. The highest BCUT2D eigenvalue weighted by molar-refractivity contribution is 6.05. The first-order chi connectivity index (χ1) is 13.7. The van der Waals surface area contributed by atoms with Crippen molar-refractivity contribution in [3.8, 4) is 11.4 Å². The van der Waals surface area contributed by atoms with E-state index in [1.54, 1.807) is 12.3 Å². The molecular weight excluding hydrogens is 354 g/mol. The van der Waals surface area contributed by atoms with Gasteiger partial charge in [-0.3, -0.25) is 9.78 Å². The molecule has 1 N–H and O–H groups in total. The van der Waals surface area contributed by atoms with E-state index >= 15 is 0 Å². The number of fused-ring (bicyclic) bond motifs is 1. The molecule has 4 rings (SSSR count). The van der Waals surface area contributed by atoms with Crippen molar-refractivity contribution in [3.63, 3.8) is 0 Å². The van der Waals surface area contributed by atoms with E-state index in [-0.39, 0.29) is 18.6 Å². The van der Waals surface area contributed by atoms with E-state index in [2.05, 4.69) is 15.3 Å². The fourth-order valence-electron chi connectivity index (χ4n) is 3.54. The number of nitrogens with one attached hydrogen (secondary N) is 1. The zero-order valence-electron chi connectivity index (χ0n) is 15.4. The summed E-state index contributed by atoms with van der Waals surface area (Å²) in [7, 11) is 0. The van der Waals surface area contributed by atoms with Crippen LogP contribution < -0.4 is 5.32 Å². The van der Waals surface area contributed by atoms with Gasteiger partial charge < -0.3 is 10.1 Å². The van der Waals surface area contributed by atoms with Crippen LogP contribution in [-0.2, 0) is 9.53 Å². The molecule has 0 unspecified atom stereocenters. The largest absolute Gasteiger partial charge is 0.452 e. The van der Waals surface area contributed by atoms with Gasteiger partial charge >= 0.3 is 5.97 Å². The third-order valence-electron chi connectivity index (χ3n) is 4.92. The highest BCUT2D eigenvalue weighted by atomic mass is 16.5. The van der Waals surface area contributed by atoms with Crippen molar-refractivity contribution < 1.29 is 14.3 Å². The van der Waals surface area contributed by atoms with Gasteiger partial charge in [0.1, 0.15) is 0 Å². The molecule has 0 spiro atoms. The normalized spacial score (nSPS) is 14.1. The molecule has 2 heterocycles. The number of nitrogens with zero attached hydrogens (tertiary/aromatic N) is 2. The first-order valence-corrected chi connectivity index (χ1v) is 9.48. The minimum absolute atomic E-state index is 0.198. The van der Waals surface area contributed by atoms with Gasteiger partial charge in [-0.2, -0.15) is 0 Å². The Morgan fingerprint density at radius 3 is 2.61 bits per heavy atom. The molecule has 6 nitrogen and oxygen atoms in total. The summed E-state index contributed by atoms with van der Waals surface area (Å²) < 4.78 is 5.30. The second-order valence-corrected chi connectivity index (χ2v) is 6.91. The fourth-order valence-corrected chi connectivity index (χ4v) is 3.54. The van der Waals surface area contributed by atoms with Gasteiger partial charge in [-0.25, -0.2) is 9.78 Å². The summed E-state index contributed by atoms with van der Waals surface area (Å²) in [5.41, 5.74) is 2.30. The molecule has 0 radical (unpaired) electrons. The van der Waals surface area contributed by atoms with Gasteiger partial charge in [0.25, 0.3) is 5.91 Å². The summed E-state index contributed by atoms with van der Waals surface area (Å²) in [6, 6.07) is 14.8. The van der Waals surface area contributed by atoms with Crippen molar-refractivity contribution in [1.29, 1.82) is 0 Å². The van der Waals surface area contributed by atoms with Gasteiger partial charge in [-0.05, 0) is 37.1 Å². The second-order valence-electron chi connectivity index (χ2n) is 6.91. The van der Waals surface area contributed by atoms with E-state index in [0.29, 0.717) is 27.9 Å². The van der Waals surface area contributed by atoms with E-state index in [1.165, 1.54) is 0 Å². The van der Waals surface area contributed by atoms with E-state index in [1.807, 2.05) is 42.5 Å². The summed E-state index contributed by atoms with van der Waals surface area (Å²) in [5.74, 6) is -0.805. The topological polar surface area (TPSA) is 81.2 Å². The van der Waals surface area contributed by atoms with Crippen molar-refractivity contribution in [2.45, 2.75) is 31.7 Å². The summed E-state index contributed by atoms with van der Waals surface area (Å²) in [6.45, 7) is -0.287. The molecule has 2 aromatic heterocycles. The molecule has 1 aromatic carbocycles. The minimum Gasteiger partial charge on any atom is -0.452 e. The molecule has 1 amide bonds. The molecule has 3 aromatic rings. The molecule has 6 heteroatoms. The number of esters is 1. The monoisotopic (exact) mass is 375 g/mol. The average Bonchev–Trinajstić information content (AvgIpc) is 3.25. The lowest BCUT2D eigenvalue weighted by Crippen LogP contribution is -2.35. The lowest BCUT2D eigenvalue weighted by atomic mass is 10.1. The highest BCUT2D eigenvalue weighted by Crippen LogP contribution is 2.24. The number of pyridine rings is 2. The van der Waals surface area contributed by atoms with Crippen LogP contribution in [0.15, 0.2) is 54.7 Å². The van der Waals surface area contributed by atoms with Crippen LogP contribution in [0.25, 0.3) is 22.3 Å². The zero-order valence-corrected chi connectivity index (χ0v) is 15.4. The first kappa shape index (κ1) is 18.1. The maximum atomic E-state index is 12.7. The molecule has 1 fully saturated rings. The molecule has 1 aliphatic rings. The van der Waals surface area contributed by atoms with Gasteiger partial charge in [0.2, 0.25) is 0 Å². The van der Waals surface area contributed by atoms with Gasteiger partial charge in [0.15, 0.2) is 6.61 Å². The lowest BCUT2D eigenvalue weighted by Gasteiger charge is -2.13. The Bertz CT molecular complexity index is 998. The SMILES string of the molecule is O=C(COC(=O)c1cc(-c2ccccn2)nc2ccccc12)NC1CCCC1. The molecule has 1 saturated carbocycles. The number of ether oxygens (including phenoxy) is 1. The van der Waals surface area contributed by atoms with Crippen LogP contribution in [0.3, 0.4) is 0 Å². The number of aromatic nitrogens is 2. The molecule has 0 atom stereocenters. The summed E-state index contributed by atoms with van der Waals surface area (Å²) in [6.07, 6.45) is 5.91. The fraction of sp³-hybridized carbons (Fsp3) is 0.273. The first-order valence-electron chi connectivity index (χ1n) is 9.48. The third kappa shape index (κ3) is 4.01. The summed E-state index contributed by atoms with van der Waals surface area (Å²) in [4.78, 5) is 33.7. The van der Waals surface area contributed by atoms with E-state index in [4.69, 9.17) is 4.74 Å². The predicted molar refractivity (Wildman–Crippen MR) is 106 cm³/mol. The Labute approximate surface area is 163 Å². The van der Waals surface area contributed by atoms with E-state index in [9.17, 15) is 9.59 Å². The van der Waals surface area contributed by atoms with Crippen LogP contribution in [0.2, 0.25) is 0 Å². The van der Waals surface area contributed by atoms with Crippen molar-refractivity contribution in [1.82, 2.24) is 15.3 Å². The quantitative estimate of drug-likeness (QED) is 0.690. The highest BCUT2D eigenvalue weighted by Gasteiger charge is 2.20. The van der Waals surface area contributed by atoms with Crippen LogP contribution in [0.4, 0.5) is 0 Å². The molecule has 1 aliphatic carbocycles. The van der Waals surface area contributed by atoms with Crippen LogP contribution in [0, 0.1) is 0 Å². The van der Waals surface area contributed by atoms with Crippen molar-refractivity contribution in [3.05, 3.63) is 60.3 Å². The maximum Gasteiger partial charge on any atom is 0.339 e. The van der Waals surface area contributed by atoms with Gasteiger partial charge in [-0.1, -0.05) is 37.1 Å². The number of benzene rings is 1. The number of para-hydroxylation sites is 1. The van der Waals surface area contributed by atoms with Crippen molar-refractivity contribution in [2.24, 2.45) is 0 Å². The standard InChI is InChI=1S/C22H21N3O3/c26-21(24-15-7-1-2-8-15)14-28-22(27)17-13-20(19-11-5-6-12-23-19)25-18-10-4-3-9-16(17)18/h3-6,9-13,15H,1-2,7-8,14H2,(H,24,26). The van der Waals surface area contributed by atoms with Crippen LogP contribution in [0.1, 0.15) is 36.0 Å². The van der Waals surface area contributed by atoms with Crippen LogP contribution in [0.5, 0.6) is 0 Å². The molecule has 0 saturated heterocycles. The molecule has 0 bridgehead atoms.